The summed E-state index contributed by atoms with van der Waals surface area (Å²) in [5, 5.41) is 9.56. The highest BCUT2D eigenvalue weighted by Crippen LogP contribution is 2.40. The van der Waals surface area contributed by atoms with Crippen LogP contribution < -0.4 is 0 Å². The first-order valence-electron chi connectivity index (χ1n) is 9.24. The Hall–Kier alpha value is -1.69. The molecule has 0 aromatic carbocycles. The maximum Gasteiger partial charge on any atom is 0.309 e. The molecule has 6 heteroatoms. The number of allylic oxidation sites excluding steroid dienone is 2. The molecule has 2 fully saturated rings. The highest BCUT2D eigenvalue weighted by Gasteiger charge is 2.41. The van der Waals surface area contributed by atoms with Crippen LogP contribution in [0.4, 0.5) is 0 Å². The van der Waals surface area contributed by atoms with Gasteiger partial charge in [0.05, 0.1) is 25.2 Å². The molecule has 0 bridgehead atoms. The van der Waals surface area contributed by atoms with Crippen LogP contribution >= 0.6 is 0 Å². The Labute approximate surface area is 149 Å². The van der Waals surface area contributed by atoms with Crippen molar-refractivity contribution in [3.05, 3.63) is 12.2 Å². The van der Waals surface area contributed by atoms with E-state index in [-0.39, 0.29) is 24.3 Å². The van der Waals surface area contributed by atoms with Crippen LogP contribution in [0.2, 0.25) is 0 Å². The molecule has 1 N–H and O–H groups in total. The SMILES string of the molecule is COC(=O)[C@H]1C[C@H]1/C=C\CCCCCCC(=O)N1C[C@@H](O)C[C@H]1C=O. The molecule has 1 saturated carbocycles. The summed E-state index contributed by atoms with van der Waals surface area (Å²) < 4.78 is 4.71. The zero-order valence-electron chi connectivity index (χ0n) is 14.9. The Balaban J connectivity index is 1.49. The second-order valence-electron chi connectivity index (χ2n) is 7.05. The monoisotopic (exact) mass is 351 g/mol. The van der Waals surface area contributed by atoms with Gasteiger partial charge in [-0.2, -0.15) is 0 Å². The lowest BCUT2D eigenvalue weighted by Gasteiger charge is -2.20. The number of methoxy groups -OCH3 is 1. The van der Waals surface area contributed by atoms with Crippen molar-refractivity contribution in [3.8, 4) is 0 Å². The Bertz CT molecular complexity index is 504. The lowest BCUT2D eigenvalue weighted by Crippen LogP contribution is -2.36. The number of aldehydes is 1. The second-order valence-corrected chi connectivity index (χ2v) is 7.05. The van der Waals surface area contributed by atoms with Gasteiger partial charge in [0.15, 0.2) is 0 Å². The normalized spacial score (nSPS) is 28.3. The third-order valence-corrected chi connectivity index (χ3v) is 5.04. The number of aliphatic hydroxyl groups is 1. The first kappa shape index (κ1) is 19.6. The smallest absolute Gasteiger partial charge is 0.309 e. The van der Waals surface area contributed by atoms with E-state index >= 15 is 0 Å². The Morgan fingerprint density at radius 2 is 1.96 bits per heavy atom. The van der Waals surface area contributed by atoms with Crippen LogP contribution in [0, 0.1) is 11.8 Å². The maximum atomic E-state index is 12.1. The third kappa shape index (κ3) is 5.96. The lowest BCUT2D eigenvalue weighted by atomic mass is 10.1. The van der Waals surface area contributed by atoms with Crippen molar-refractivity contribution in [2.45, 2.75) is 63.5 Å². The highest BCUT2D eigenvalue weighted by molar-refractivity contribution is 5.80. The van der Waals surface area contributed by atoms with Crippen molar-refractivity contribution in [1.29, 1.82) is 0 Å². The third-order valence-electron chi connectivity index (χ3n) is 5.04. The fourth-order valence-corrected chi connectivity index (χ4v) is 3.42. The van der Waals surface area contributed by atoms with Crippen LogP contribution in [0.1, 0.15) is 51.4 Å². The number of unbranched alkanes of at least 4 members (excludes halogenated alkanes) is 4. The number of β-amino-alcohol motifs (C(OH)–C–C–N with tert-alkyl or cyclic N) is 1. The van der Waals surface area contributed by atoms with Crippen molar-refractivity contribution in [3.63, 3.8) is 0 Å². The van der Waals surface area contributed by atoms with Crippen LogP contribution in [-0.2, 0) is 19.1 Å². The largest absolute Gasteiger partial charge is 0.469 e. The van der Waals surface area contributed by atoms with Crippen molar-refractivity contribution >= 4 is 18.2 Å². The van der Waals surface area contributed by atoms with Crippen molar-refractivity contribution in [2.24, 2.45) is 11.8 Å². The summed E-state index contributed by atoms with van der Waals surface area (Å²) >= 11 is 0. The zero-order valence-corrected chi connectivity index (χ0v) is 14.9. The summed E-state index contributed by atoms with van der Waals surface area (Å²) in [5.41, 5.74) is 0. The molecule has 0 unspecified atom stereocenters. The Morgan fingerprint density at radius 3 is 2.68 bits per heavy atom. The number of aliphatic hydroxyl groups excluding tert-OH is 1. The standard InChI is InChI=1S/C19H29NO5/c1-25-19(24)17-10-14(17)8-6-4-2-3-5-7-9-18(23)20-12-16(22)11-15(20)13-21/h6,8,13-17,22H,2-5,7,9-12H2,1H3/b8-6-/t14-,15+,16+,17+/m1/s1. The van der Waals surface area contributed by atoms with Gasteiger partial charge in [-0.3, -0.25) is 9.59 Å². The summed E-state index contributed by atoms with van der Waals surface area (Å²) in [6, 6.07) is -0.455. The average Bonchev–Trinajstić information content (AvgIpc) is 3.28. The zero-order chi connectivity index (χ0) is 18.2. The van der Waals surface area contributed by atoms with Gasteiger partial charge in [-0.05, 0) is 31.6 Å². The molecule has 2 rings (SSSR count). The van der Waals surface area contributed by atoms with Crippen molar-refractivity contribution in [1.82, 2.24) is 4.90 Å². The molecule has 0 aromatic rings. The quantitative estimate of drug-likeness (QED) is 0.281. The minimum Gasteiger partial charge on any atom is -0.469 e. The number of likely N-dealkylation sites (tertiary alicyclic amines) is 1. The van der Waals surface area contributed by atoms with E-state index in [4.69, 9.17) is 4.74 Å². The molecular weight excluding hydrogens is 322 g/mol. The topological polar surface area (TPSA) is 83.9 Å². The van der Waals surface area contributed by atoms with E-state index in [2.05, 4.69) is 12.2 Å². The van der Waals surface area contributed by atoms with E-state index in [1.807, 2.05) is 0 Å². The summed E-state index contributed by atoms with van der Waals surface area (Å²) in [4.78, 5) is 35.8. The molecule has 1 aliphatic carbocycles. The Morgan fingerprint density at radius 1 is 1.20 bits per heavy atom. The van der Waals surface area contributed by atoms with Crippen molar-refractivity contribution in [2.75, 3.05) is 13.7 Å². The molecule has 25 heavy (non-hydrogen) atoms. The van der Waals surface area contributed by atoms with E-state index < -0.39 is 12.1 Å². The molecule has 1 heterocycles. The van der Waals surface area contributed by atoms with Gasteiger partial charge in [-0.15, -0.1) is 0 Å². The van der Waals surface area contributed by atoms with Crippen LogP contribution in [0.25, 0.3) is 0 Å². The number of carbonyl (C=O) groups is 3. The number of esters is 1. The molecule has 0 spiro atoms. The minimum atomic E-state index is -0.573. The predicted molar refractivity (Wildman–Crippen MR) is 92.6 cm³/mol. The molecule has 140 valence electrons. The average molecular weight is 351 g/mol. The molecule has 2 aliphatic rings. The summed E-state index contributed by atoms with van der Waals surface area (Å²) in [6.07, 6.45) is 11.0. The van der Waals surface area contributed by atoms with Gasteiger partial charge in [0.1, 0.15) is 6.29 Å². The molecule has 1 saturated heterocycles. The number of ether oxygens (including phenoxy) is 1. The summed E-state index contributed by atoms with van der Waals surface area (Å²) in [7, 11) is 1.43. The minimum absolute atomic E-state index is 0.0314. The number of nitrogens with zero attached hydrogens (tertiary/aromatic N) is 1. The maximum absolute atomic E-state index is 12.1. The van der Waals surface area contributed by atoms with Gasteiger partial charge in [-0.25, -0.2) is 0 Å². The van der Waals surface area contributed by atoms with E-state index in [0.29, 0.717) is 18.8 Å². The van der Waals surface area contributed by atoms with Gasteiger partial charge in [-0.1, -0.05) is 25.0 Å². The molecule has 0 radical (unpaired) electrons. The molecule has 4 atom stereocenters. The first-order valence-corrected chi connectivity index (χ1v) is 9.24. The molecule has 6 nitrogen and oxygen atoms in total. The molecule has 0 aromatic heterocycles. The molecular formula is C19H29NO5. The lowest BCUT2D eigenvalue weighted by molar-refractivity contribution is -0.142. The molecule has 1 aliphatic heterocycles. The number of rotatable bonds is 10. The van der Waals surface area contributed by atoms with Gasteiger partial charge in [0.25, 0.3) is 0 Å². The van der Waals surface area contributed by atoms with Crippen LogP contribution in [0.5, 0.6) is 0 Å². The van der Waals surface area contributed by atoms with Gasteiger partial charge >= 0.3 is 5.97 Å². The van der Waals surface area contributed by atoms with E-state index in [0.717, 1.165) is 44.8 Å². The van der Waals surface area contributed by atoms with Crippen LogP contribution in [-0.4, -0.2) is 54.0 Å². The van der Waals surface area contributed by atoms with Crippen LogP contribution in [0.15, 0.2) is 12.2 Å². The van der Waals surface area contributed by atoms with E-state index in [1.54, 1.807) is 0 Å². The fourth-order valence-electron chi connectivity index (χ4n) is 3.42. The molecule has 1 amide bonds. The summed E-state index contributed by atoms with van der Waals surface area (Å²) in [5.74, 6) is 0.274. The number of amides is 1. The number of hydrogen-bond acceptors (Lipinski definition) is 5. The van der Waals surface area contributed by atoms with E-state index in [1.165, 1.54) is 12.0 Å². The number of carbonyl (C=O) groups excluding carboxylic acids is 3. The highest BCUT2D eigenvalue weighted by atomic mass is 16.5. The van der Waals surface area contributed by atoms with Gasteiger partial charge in [0, 0.05) is 19.4 Å². The summed E-state index contributed by atoms with van der Waals surface area (Å²) in [6.45, 7) is 0.279. The van der Waals surface area contributed by atoms with E-state index in [9.17, 15) is 19.5 Å². The van der Waals surface area contributed by atoms with Gasteiger partial charge in [0.2, 0.25) is 5.91 Å². The fraction of sp³-hybridized carbons (Fsp3) is 0.737. The van der Waals surface area contributed by atoms with Crippen molar-refractivity contribution < 1.29 is 24.2 Å². The predicted octanol–water partition coefficient (Wildman–Crippen LogP) is 1.85. The van der Waals surface area contributed by atoms with Gasteiger partial charge < -0.3 is 19.5 Å². The number of hydrogen-bond donors (Lipinski definition) is 1. The Kier molecular flexibility index (Phi) is 7.62. The first-order chi connectivity index (χ1) is 12.1. The van der Waals surface area contributed by atoms with Crippen LogP contribution in [0.3, 0.4) is 0 Å². The second kappa shape index (κ2) is 9.70.